The summed E-state index contributed by atoms with van der Waals surface area (Å²) in [5.41, 5.74) is 1.96. The molecule has 6 heteroatoms. The summed E-state index contributed by atoms with van der Waals surface area (Å²) in [5.74, 6) is 1.35. The zero-order chi connectivity index (χ0) is 13.2. The van der Waals surface area contributed by atoms with E-state index in [9.17, 15) is 13.2 Å². The fourth-order valence-electron chi connectivity index (χ4n) is 1.81. The second-order valence-electron chi connectivity index (χ2n) is 4.17. The van der Waals surface area contributed by atoms with Crippen molar-refractivity contribution in [3.63, 3.8) is 0 Å². The van der Waals surface area contributed by atoms with Gasteiger partial charge in [0.1, 0.15) is 0 Å². The van der Waals surface area contributed by atoms with E-state index < -0.39 is 12.7 Å². The van der Waals surface area contributed by atoms with Crippen LogP contribution in [0.2, 0.25) is 0 Å². The molecule has 0 spiro atoms. The van der Waals surface area contributed by atoms with E-state index >= 15 is 0 Å². The first-order valence-electron chi connectivity index (χ1n) is 5.62. The molecule has 0 saturated carbocycles. The van der Waals surface area contributed by atoms with Crippen molar-refractivity contribution in [2.45, 2.75) is 19.5 Å². The number of aryl methyl sites for hydroxylation is 1. The molecule has 1 heterocycles. The molecule has 1 aliphatic rings. The van der Waals surface area contributed by atoms with Gasteiger partial charge in [-0.2, -0.15) is 13.2 Å². The van der Waals surface area contributed by atoms with Crippen LogP contribution in [-0.2, 0) is 6.42 Å². The Morgan fingerprint density at radius 2 is 1.89 bits per heavy atom. The summed E-state index contributed by atoms with van der Waals surface area (Å²) < 4.78 is 46.3. The highest BCUT2D eigenvalue weighted by atomic mass is 19.4. The maximum absolute atomic E-state index is 11.9. The van der Waals surface area contributed by atoms with Crippen LogP contribution < -0.4 is 14.8 Å². The Labute approximate surface area is 103 Å². The zero-order valence-corrected chi connectivity index (χ0v) is 9.93. The minimum absolute atomic E-state index is 0.199. The van der Waals surface area contributed by atoms with Crippen LogP contribution in [0.4, 0.5) is 13.2 Å². The molecule has 0 fully saturated rings. The van der Waals surface area contributed by atoms with Gasteiger partial charge in [0.15, 0.2) is 11.5 Å². The number of fused-ring (bicyclic) bond motifs is 1. The van der Waals surface area contributed by atoms with Crippen molar-refractivity contribution >= 4 is 0 Å². The smallest absolute Gasteiger partial charge is 0.401 e. The molecular formula is C12H14F3NO2. The molecule has 2 rings (SSSR count). The summed E-state index contributed by atoms with van der Waals surface area (Å²) in [6, 6.07) is 3.67. The molecule has 0 bridgehead atoms. The molecule has 0 saturated heterocycles. The lowest BCUT2D eigenvalue weighted by molar-refractivity contribution is -0.124. The van der Waals surface area contributed by atoms with Gasteiger partial charge in [-0.15, -0.1) is 0 Å². The molecule has 1 aromatic rings. The number of ether oxygens (including phenoxy) is 2. The summed E-state index contributed by atoms with van der Waals surface area (Å²) in [6.45, 7) is 1.42. The van der Waals surface area contributed by atoms with Gasteiger partial charge in [-0.3, -0.25) is 0 Å². The van der Waals surface area contributed by atoms with Gasteiger partial charge in [-0.05, 0) is 43.1 Å². The lowest BCUT2D eigenvalue weighted by Gasteiger charge is -2.10. The van der Waals surface area contributed by atoms with Crippen molar-refractivity contribution in [1.29, 1.82) is 0 Å². The molecule has 0 radical (unpaired) electrons. The molecule has 100 valence electrons. The average molecular weight is 261 g/mol. The molecule has 0 aromatic heterocycles. The third-order valence-electron chi connectivity index (χ3n) is 2.73. The third kappa shape index (κ3) is 3.29. The first-order chi connectivity index (χ1) is 8.46. The standard InChI is InChI=1S/C12H14F3NO2/c1-8-4-10-11(18-7-17-10)5-9(8)2-3-16-6-12(13,14)15/h4-5,16H,2-3,6-7H2,1H3. The summed E-state index contributed by atoms with van der Waals surface area (Å²) in [5, 5.41) is 2.37. The van der Waals surface area contributed by atoms with Gasteiger partial charge in [0, 0.05) is 0 Å². The van der Waals surface area contributed by atoms with Gasteiger partial charge in [0.2, 0.25) is 6.79 Å². The maximum Gasteiger partial charge on any atom is 0.401 e. The highest BCUT2D eigenvalue weighted by molar-refractivity contribution is 5.48. The average Bonchev–Trinajstić information content (AvgIpc) is 2.70. The van der Waals surface area contributed by atoms with E-state index in [1.54, 1.807) is 0 Å². The Morgan fingerprint density at radius 3 is 2.56 bits per heavy atom. The highest BCUT2D eigenvalue weighted by Crippen LogP contribution is 2.34. The molecule has 0 unspecified atom stereocenters. The van der Waals surface area contributed by atoms with Gasteiger partial charge in [0.05, 0.1) is 6.54 Å². The molecule has 1 aromatic carbocycles. The second kappa shape index (κ2) is 5.06. The summed E-state index contributed by atoms with van der Waals surface area (Å²) in [4.78, 5) is 0. The molecule has 3 nitrogen and oxygen atoms in total. The summed E-state index contributed by atoms with van der Waals surface area (Å²) in [6.07, 6.45) is -3.64. The second-order valence-corrected chi connectivity index (χ2v) is 4.17. The molecule has 18 heavy (non-hydrogen) atoms. The van der Waals surface area contributed by atoms with E-state index in [0.29, 0.717) is 17.9 Å². The Morgan fingerprint density at radius 1 is 1.22 bits per heavy atom. The maximum atomic E-state index is 11.9. The van der Waals surface area contributed by atoms with E-state index in [-0.39, 0.29) is 13.3 Å². The lowest BCUT2D eigenvalue weighted by Crippen LogP contribution is -2.30. The van der Waals surface area contributed by atoms with Crippen molar-refractivity contribution in [3.05, 3.63) is 23.3 Å². The van der Waals surface area contributed by atoms with Crippen molar-refractivity contribution < 1.29 is 22.6 Å². The van der Waals surface area contributed by atoms with Crippen molar-refractivity contribution in [1.82, 2.24) is 5.32 Å². The number of hydrogen-bond donors (Lipinski definition) is 1. The first kappa shape index (κ1) is 13.0. The van der Waals surface area contributed by atoms with Crippen LogP contribution in [0.15, 0.2) is 12.1 Å². The summed E-state index contributed by atoms with van der Waals surface area (Å²) >= 11 is 0. The quantitative estimate of drug-likeness (QED) is 0.844. The third-order valence-corrected chi connectivity index (χ3v) is 2.73. The number of hydrogen-bond acceptors (Lipinski definition) is 3. The van der Waals surface area contributed by atoms with E-state index in [4.69, 9.17) is 9.47 Å². The number of nitrogens with one attached hydrogen (secondary N) is 1. The fourth-order valence-corrected chi connectivity index (χ4v) is 1.81. The fraction of sp³-hybridized carbons (Fsp3) is 0.500. The van der Waals surface area contributed by atoms with E-state index in [1.165, 1.54) is 0 Å². The topological polar surface area (TPSA) is 30.5 Å². The number of halogens is 3. The summed E-state index contributed by atoms with van der Waals surface area (Å²) in [7, 11) is 0. The minimum atomic E-state index is -4.16. The van der Waals surface area contributed by atoms with Crippen LogP contribution in [0, 0.1) is 6.92 Å². The molecule has 0 atom stereocenters. The Bertz CT molecular complexity index is 432. The van der Waals surface area contributed by atoms with E-state index in [0.717, 1.165) is 11.1 Å². The van der Waals surface area contributed by atoms with Crippen molar-refractivity contribution in [2.24, 2.45) is 0 Å². The SMILES string of the molecule is Cc1cc2c(cc1CCNCC(F)(F)F)OCO2. The zero-order valence-electron chi connectivity index (χ0n) is 9.93. The Kier molecular flexibility index (Phi) is 3.65. The Hall–Kier alpha value is -1.43. The van der Waals surface area contributed by atoms with Crippen LogP contribution >= 0.6 is 0 Å². The van der Waals surface area contributed by atoms with Gasteiger partial charge < -0.3 is 14.8 Å². The monoisotopic (exact) mass is 261 g/mol. The van der Waals surface area contributed by atoms with Crippen LogP contribution in [0.25, 0.3) is 0 Å². The van der Waals surface area contributed by atoms with E-state index in [1.807, 2.05) is 19.1 Å². The van der Waals surface area contributed by atoms with E-state index in [2.05, 4.69) is 5.32 Å². The number of rotatable bonds is 4. The number of alkyl halides is 3. The normalized spacial score (nSPS) is 14.0. The predicted octanol–water partition coefficient (Wildman–Crippen LogP) is 2.42. The van der Waals surface area contributed by atoms with Gasteiger partial charge in [-0.25, -0.2) is 0 Å². The lowest BCUT2D eigenvalue weighted by atomic mass is 10.0. The minimum Gasteiger partial charge on any atom is -0.454 e. The largest absolute Gasteiger partial charge is 0.454 e. The van der Waals surface area contributed by atoms with Gasteiger partial charge >= 0.3 is 6.18 Å². The highest BCUT2D eigenvalue weighted by Gasteiger charge is 2.26. The molecule has 0 amide bonds. The van der Waals surface area contributed by atoms with Crippen LogP contribution in [0.3, 0.4) is 0 Å². The number of benzene rings is 1. The van der Waals surface area contributed by atoms with Crippen molar-refractivity contribution in [3.8, 4) is 11.5 Å². The molecule has 1 N–H and O–H groups in total. The van der Waals surface area contributed by atoms with Gasteiger partial charge in [0.25, 0.3) is 0 Å². The predicted molar refractivity (Wildman–Crippen MR) is 59.9 cm³/mol. The van der Waals surface area contributed by atoms with Crippen LogP contribution in [0.1, 0.15) is 11.1 Å². The van der Waals surface area contributed by atoms with Crippen LogP contribution in [-0.4, -0.2) is 26.1 Å². The van der Waals surface area contributed by atoms with Gasteiger partial charge in [-0.1, -0.05) is 0 Å². The van der Waals surface area contributed by atoms with Crippen LogP contribution in [0.5, 0.6) is 11.5 Å². The first-order valence-corrected chi connectivity index (χ1v) is 5.62. The molecule has 1 aliphatic heterocycles. The molecule has 0 aliphatic carbocycles. The van der Waals surface area contributed by atoms with Crippen molar-refractivity contribution in [2.75, 3.05) is 19.9 Å². The Balaban J connectivity index is 1.90. The molecular weight excluding hydrogens is 247 g/mol.